The minimum Gasteiger partial charge on any atom is -0.405 e. The largest absolute Gasteiger partial charge is 0.573 e. The van der Waals surface area contributed by atoms with Crippen molar-refractivity contribution in [2.45, 2.75) is 38.5 Å². The van der Waals surface area contributed by atoms with Crippen LogP contribution >= 0.6 is 0 Å². The molecule has 0 aromatic heterocycles. The number of amides is 2. The number of likely N-dealkylation sites (tertiary alicyclic amines) is 1. The zero-order valence-electron chi connectivity index (χ0n) is 14.9. The van der Waals surface area contributed by atoms with Crippen LogP contribution in [0.15, 0.2) is 30.3 Å². The molecule has 27 heavy (non-hydrogen) atoms. The second-order valence-electron chi connectivity index (χ2n) is 6.25. The quantitative estimate of drug-likeness (QED) is 0.764. The van der Waals surface area contributed by atoms with Crippen LogP contribution in [0.25, 0.3) is 6.08 Å². The fourth-order valence-corrected chi connectivity index (χ4v) is 2.83. The number of benzene rings is 1. The van der Waals surface area contributed by atoms with E-state index in [0.717, 1.165) is 44.8 Å². The Kier molecular flexibility index (Phi) is 7.69. The van der Waals surface area contributed by atoms with Crippen LogP contribution in [0.2, 0.25) is 0 Å². The molecule has 0 bridgehead atoms. The zero-order valence-corrected chi connectivity index (χ0v) is 14.9. The summed E-state index contributed by atoms with van der Waals surface area (Å²) in [5, 5.41) is 2.57. The van der Waals surface area contributed by atoms with Gasteiger partial charge in [-0.2, -0.15) is 0 Å². The Morgan fingerprint density at radius 2 is 1.78 bits per heavy atom. The molecule has 1 aromatic rings. The molecule has 5 nitrogen and oxygen atoms in total. The molecular weight excluding hydrogens is 361 g/mol. The summed E-state index contributed by atoms with van der Waals surface area (Å²) < 4.78 is 41.1. The van der Waals surface area contributed by atoms with E-state index in [0.29, 0.717) is 0 Å². The number of hydrogen-bond donors (Lipinski definition) is 1. The fraction of sp³-hybridized carbons (Fsp3) is 0.474. The van der Waals surface area contributed by atoms with Crippen molar-refractivity contribution in [3.8, 4) is 5.75 Å². The molecule has 0 radical (unpaired) electrons. The molecule has 0 aliphatic carbocycles. The van der Waals surface area contributed by atoms with Gasteiger partial charge in [-0.1, -0.05) is 31.0 Å². The molecule has 1 fully saturated rings. The number of carbonyl (C=O) groups excluding carboxylic acids is 2. The van der Waals surface area contributed by atoms with Gasteiger partial charge in [0.25, 0.3) is 0 Å². The molecule has 1 N–H and O–H groups in total. The van der Waals surface area contributed by atoms with E-state index in [4.69, 9.17) is 0 Å². The van der Waals surface area contributed by atoms with Gasteiger partial charge in [-0.3, -0.25) is 9.59 Å². The fourth-order valence-electron chi connectivity index (χ4n) is 2.83. The van der Waals surface area contributed by atoms with Crippen molar-refractivity contribution in [3.05, 3.63) is 35.9 Å². The van der Waals surface area contributed by atoms with Crippen molar-refractivity contribution >= 4 is 17.9 Å². The summed E-state index contributed by atoms with van der Waals surface area (Å²) in [7, 11) is 0. The van der Waals surface area contributed by atoms with Crippen molar-refractivity contribution in [2.24, 2.45) is 0 Å². The predicted molar refractivity (Wildman–Crippen MR) is 94.8 cm³/mol. The number of nitrogens with zero attached hydrogens (tertiary/aromatic N) is 1. The highest BCUT2D eigenvalue weighted by atomic mass is 19.4. The summed E-state index contributed by atoms with van der Waals surface area (Å²) in [6, 6.07) is 5.53. The number of carbonyl (C=O) groups is 2. The van der Waals surface area contributed by atoms with Crippen LogP contribution in [0.3, 0.4) is 0 Å². The van der Waals surface area contributed by atoms with E-state index in [2.05, 4.69) is 10.1 Å². The molecule has 0 unspecified atom stereocenters. The SMILES string of the molecule is O=C(/C=C/c1ccccc1OC(F)(F)F)NCCC(=O)N1CCCCCC1. The second-order valence-corrected chi connectivity index (χ2v) is 6.25. The first-order valence-electron chi connectivity index (χ1n) is 8.93. The van der Waals surface area contributed by atoms with Crippen molar-refractivity contribution < 1.29 is 27.5 Å². The van der Waals surface area contributed by atoms with Crippen LogP contribution in [0.4, 0.5) is 13.2 Å². The Balaban J connectivity index is 1.81. The highest BCUT2D eigenvalue weighted by Gasteiger charge is 2.31. The lowest BCUT2D eigenvalue weighted by Gasteiger charge is -2.20. The Morgan fingerprint density at radius 1 is 1.11 bits per heavy atom. The Morgan fingerprint density at radius 3 is 2.44 bits per heavy atom. The first kappa shape index (κ1) is 20.8. The number of halogens is 3. The van der Waals surface area contributed by atoms with E-state index in [9.17, 15) is 22.8 Å². The smallest absolute Gasteiger partial charge is 0.405 e. The van der Waals surface area contributed by atoms with Crippen molar-refractivity contribution in [1.82, 2.24) is 10.2 Å². The van der Waals surface area contributed by atoms with Crippen LogP contribution in [0.1, 0.15) is 37.7 Å². The number of hydrogen-bond acceptors (Lipinski definition) is 3. The summed E-state index contributed by atoms with van der Waals surface area (Å²) in [5.41, 5.74) is 0.130. The number of nitrogens with one attached hydrogen (secondary N) is 1. The van der Waals surface area contributed by atoms with Crippen LogP contribution in [-0.4, -0.2) is 42.7 Å². The summed E-state index contributed by atoms with van der Waals surface area (Å²) in [6.07, 6.45) is 2.02. The van der Waals surface area contributed by atoms with Gasteiger partial charge in [0, 0.05) is 37.7 Å². The molecule has 0 saturated carbocycles. The van der Waals surface area contributed by atoms with Crippen LogP contribution in [0, 0.1) is 0 Å². The van der Waals surface area contributed by atoms with Gasteiger partial charge in [0.2, 0.25) is 11.8 Å². The van der Waals surface area contributed by atoms with Crippen LogP contribution < -0.4 is 10.1 Å². The molecule has 8 heteroatoms. The Hall–Kier alpha value is -2.51. The molecular formula is C19H23F3N2O3. The number of rotatable bonds is 6. The maximum absolute atomic E-state index is 12.4. The van der Waals surface area contributed by atoms with Gasteiger partial charge < -0.3 is 15.0 Å². The summed E-state index contributed by atoms with van der Waals surface area (Å²) in [5.74, 6) is -0.865. The molecule has 1 aromatic carbocycles. The Bertz CT molecular complexity index is 666. The van der Waals surface area contributed by atoms with E-state index in [-0.39, 0.29) is 30.2 Å². The topological polar surface area (TPSA) is 58.6 Å². The first-order valence-corrected chi connectivity index (χ1v) is 8.93. The van der Waals surface area contributed by atoms with Gasteiger partial charge in [0.1, 0.15) is 5.75 Å². The third-order valence-corrected chi connectivity index (χ3v) is 4.16. The van der Waals surface area contributed by atoms with Crippen LogP contribution in [0.5, 0.6) is 5.75 Å². The van der Waals surface area contributed by atoms with Gasteiger partial charge in [0.15, 0.2) is 0 Å². The minimum absolute atomic E-state index is 0.00472. The number of ether oxygens (including phenoxy) is 1. The molecule has 0 spiro atoms. The Labute approximate surface area is 156 Å². The molecule has 2 amide bonds. The van der Waals surface area contributed by atoms with Crippen molar-refractivity contribution in [3.63, 3.8) is 0 Å². The molecule has 2 rings (SSSR count). The maximum Gasteiger partial charge on any atom is 0.573 e. The summed E-state index contributed by atoms with van der Waals surface area (Å²) in [6.45, 7) is 1.69. The number of para-hydroxylation sites is 1. The minimum atomic E-state index is -4.81. The first-order chi connectivity index (χ1) is 12.8. The molecule has 148 valence electrons. The van der Waals surface area contributed by atoms with Gasteiger partial charge in [0.05, 0.1) is 0 Å². The van der Waals surface area contributed by atoms with Crippen molar-refractivity contribution in [1.29, 1.82) is 0 Å². The summed E-state index contributed by atoms with van der Waals surface area (Å²) >= 11 is 0. The standard InChI is InChI=1S/C19H23F3N2O3/c20-19(21,22)27-16-8-4-3-7-15(16)9-10-17(25)23-12-11-18(26)24-13-5-1-2-6-14-24/h3-4,7-10H,1-2,5-6,11-14H2,(H,23,25)/b10-9+. The monoisotopic (exact) mass is 384 g/mol. The van der Waals surface area contributed by atoms with Gasteiger partial charge in [-0.15, -0.1) is 13.2 Å². The lowest BCUT2D eigenvalue weighted by molar-refractivity contribution is -0.274. The van der Waals surface area contributed by atoms with Crippen LogP contribution in [-0.2, 0) is 9.59 Å². The lowest BCUT2D eigenvalue weighted by atomic mass is 10.2. The highest BCUT2D eigenvalue weighted by Crippen LogP contribution is 2.26. The second kappa shape index (κ2) is 9.99. The molecule has 1 aliphatic heterocycles. The normalized spacial score (nSPS) is 15.4. The van der Waals surface area contributed by atoms with Gasteiger partial charge in [-0.05, 0) is 25.0 Å². The molecule has 0 atom stereocenters. The van der Waals surface area contributed by atoms with E-state index >= 15 is 0 Å². The van der Waals surface area contributed by atoms with E-state index in [1.807, 2.05) is 4.90 Å². The average Bonchev–Trinajstić information content (AvgIpc) is 2.89. The number of alkyl halides is 3. The van der Waals surface area contributed by atoms with Crippen molar-refractivity contribution in [2.75, 3.05) is 19.6 Å². The predicted octanol–water partition coefficient (Wildman–Crippen LogP) is 3.51. The van der Waals surface area contributed by atoms with Gasteiger partial charge >= 0.3 is 6.36 Å². The van der Waals surface area contributed by atoms with Gasteiger partial charge in [-0.25, -0.2) is 0 Å². The third kappa shape index (κ3) is 7.72. The molecule has 1 heterocycles. The molecule has 1 saturated heterocycles. The third-order valence-electron chi connectivity index (χ3n) is 4.16. The lowest BCUT2D eigenvalue weighted by Crippen LogP contribution is -2.34. The molecule has 1 aliphatic rings. The summed E-state index contributed by atoms with van der Waals surface area (Å²) in [4.78, 5) is 25.8. The zero-order chi connectivity index (χ0) is 19.7. The maximum atomic E-state index is 12.4. The van der Waals surface area contributed by atoms with E-state index in [1.165, 1.54) is 24.3 Å². The highest BCUT2D eigenvalue weighted by molar-refractivity contribution is 5.92. The average molecular weight is 384 g/mol. The van der Waals surface area contributed by atoms with E-state index < -0.39 is 12.3 Å². The van der Waals surface area contributed by atoms with E-state index in [1.54, 1.807) is 6.07 Å².